The number of allylic oxidation sites excluding steroid dienone is 1. The summed E-state index contributed by atoms with van der Waals surface area (Å²) >= 11 is 0. The highest BCUT2D eigenvalue weighted by molar-refractivity contribution is 6.04. The van der Waals surface area contributed by atoms with E-state index in [1.54, 1.807) is 7.05 Å². The first-order chi connectivity index (χ1) is 12.9. The summed E-state index contributed by atoms with van der Waals surface area (Å²) in [5, 5.41) is 2.95. The molecule has 27 heavy (non-hydrogen) atoms. The average Bonchev–Trinajstić information content (AvgIpc) is 2.68. The van der Waals surface area contributed by atoms with Crippen molar-refractivity contribution < 1.29 is 9.53 Å². The number of fused-ring (bicyclic) bond motifs is 1. The predicted molar refractivity (Wildman–Crippen MR) is 113 cm³/mol. The van der Waals surface area contributed by atoms with E-state index < -0.39 is 0 Å². The molecule has 0 aromatic heterocycles. The summed E-state index contributed by atoms with van der Waals surface area (Å²) in [7, 11) is 1.70. The third-order valence-corrected chi connectivity index (χ3v) is 5.64. The Morgan fingerprint density at radius 2 is 2.15 bits per heavy atom. The minimum Gasteiger partial charge on any atom is -0.493 e. The molecule has 1 aromatic rings. The van der Waals surface area contributed by atoms with Crippen LogP contribution in [0.2, 0.25) is 0 Å². The molecule has 4 nitrogen and oxygen atoms in total. The van der Waals surface area contributed by atoms with Gasteiger partial charge in [-0.25, -0.2) is 0 Å². The van der Waals surface area contributed by atoms with Gasteiger partial charge in [-0.1, -0.05) is 19.9 Å². The first-order valence-electron chi connectivity index (χ1n) is 10.1. The minimum absolute atomic E-state index is 0.0508. The lowest BCUT2D eigenvalue weighted by Crippen LogP contribution is -2.38. The van der Waals surface area contributed by atoms with E-state index in [4.69, 9.17) is 4.74 Å². The Labute approximate surface area is 164 Å². The van der Waals surface area contributed by atoms with Crippen molar-refractivity contribution in [1.29, 1.82) is 0 Å². The predicted octanol–water partition coefficient (Wildman–Crippen LogP) is 4.55. The number of carbonyl (C=O) groups is 1. The van der Waals surface area contributed by atoms with Gasteiger partial charge in [0, 0.05) is 13.0 Å². The van der Waals surface area contributed by atoms with E-state index in [-0.39, 0.29) is 11.8 Å². The second-order valence-corrected chi connectivity index (χ2v) is 7.51. The molecular formula is C23H34N2O2. The van der Waals surface area contributed by atoms with Crippen LogP contribution in [0.4, 0.5) is 0 Å². The van der Waals surface area contributed by atoms with Crippen LogP contribution in [0.15, 0.2) is 23.2 Å². The number of amides is 1. The highest BCUT2D eigenvalue weighted by Crippen LogP contribution is 2.37. The SMILES string of the molecule is C/C=C\C(=NC)NC(=O)[C@@H](C)C1CCc2c(C)cc(OCCC)c(C)c2C1. The van der Waals surface area contributed by atoms with Crippen molar-refractivity contribution in [2.75, 3.05) is 13.7 Å². The highest BCUT2D eigenvalue weighted by Gasteiger charge is 2.30. The van der Waals surface area contributed by atoms with Crippen molar-refractivity contribution in [1.82, 2.24) is 5.32 Å². The number of carbonyl (C=O) groups excluding carboxylic acids is 1. The number of aryl methyl sites for hydroxylation is 1. The van der Waals surface area contributed by atoms with Crippen LogP contribution in [0, 0.1) is 25.7 Å². The second kappa shape index (κ2) is 9.72. The van der Waals surface area contributed by atoms with Gasteiger partial charge in [-0.2, -0.15) is 0 Å². The van der Waals surface area contributed by atoms with Crippen molar-refractivity contribution in [3.8, 4) is 5.75 Å². The normalized spacial score (nSPS) is 18.3. The van der Waals surface area contributed by atoms with Crippen LogP contribution in [0.25, 0.3) is 0 Å². The van der Waals surface area contributed by atoms with Gasteiger partial charge in [0.2, 0.25) is 5.91 Å². The first-order valence-corrected chi connectivity index (χ1v) is 10.1. The maximum absolute atomic E-state index is 12.7. The summed E-state index contributed by atoms with van der Waals surface area (Å²) in [5.41, 5.74) is 5.39. The zero-order valence-electron chi connectivity index (χ0n) is 17.7. The number of amidine groups is 1. The average molecular weight is 371 g/mol. The van der Waals surface area contributed by atoms with Gasteiger partial charge in [0.1, 0.15) is 11.6 Å². The van der Waals surface area contributed by atoms with Gasteiger partial charge in [0.05, 0.1) is 6.61 Å². The Morgan fingerprint density at radius 3 is 2.78 bits per heavy atom. The Morgan fingerprint density at radius 1 is 1.41 bits per heavy atom. The topological polar surface area (TPSA) is 50.7 Å². The summed E-state index contributed by atoms with van der Waals surface area (Å²) in [6.45, 7) is 11.2. The maximum atomic E-state index is 12.7. The van der Waals surface area contributed by atoms with Crippen LogP contribution in [-0.4, -0.2) is 25.4 Å². The quantitative estimate of drug-likeness (QED) is 0.590. The van der Waals surface area contributed by atoms with Gasteiger partial charge < -0.3 is 10.1 Å². The standard InChI is InChI=1S/C23H34N2O2/c1-7-9-22(24-6)25-23(26)16(4)18-10-11-19-15(3)13-21(27-12-8-2)17(5)20(19)14-18/h7,9,13,16,18H,8,10-12,14H2,1-6H3,(H,24,25,26)/b9-7-/t16-,18?/m0/s1. The lowest BCUT2D eigenvalue weighted by Gasteiger charge is -2.31. The molecule has 2 atom stereocenters. The molecule has 0 bridgehead atoms. The third-order valence-electron chi connectivity index (χ3n) is 5.64. The number of nitrogens with one attached hydrogen (secondary N) is 1. The van der Waals surface area contributed by atoms with Crippen LogP contribution in [0.5, 0.6) is 5.75 Å². The fourth-order valence-electron chi connectivity index (χ4n) is 3.90. The molecule has 1 unspecified atom stereocenters. The van der Waals surface area contributed by atoms with Gasteiger partial charge >= 0.3 is 0 Å². The number of benzene rings is 1. The van der Waals surface area contributed by atoms with E-state index >= 15 is 0 Å². The molecule has 0 saturated heterocycles. The lowest BCUT2D eigenvalue weighted by atomic mass is 9.74. The van der Waals surface area contributed by atoms with Crippen LogP contribution < -0.4 is 10.1 Å². The number of ether oxygens (including phenoxy) is 1. The molecular weight excluding hydrogens is 336 g/mol. The summed E-state index contributed by atoms with van der Waals surface area (Å²) < 4.78 is 5.97. The number of hydrogen-bond donors (Lipinski definition) is 1. The van der Waals surface area contributed by atoms with Crippen molar-refractivity contribution in [3.05, 3.63) is 40.5 Å². The Balaban J connectivity index is 2.19. The van der Waals surface area contributed by atoms with Crippen molar-refractivity contribution >= 4 is 11.7 Å². The second-order valence-electron chi connectivity index (χ2n) is 7.51. The number of nitrogens with zero attached hydrogens (tertiary/aromatic N) is 1. The zero-order valence-corrected chi connectivity index (χ0v) is 17.7. The summed E-state index contributed by atoms with van der Waals surface area (Å²) in [4.78, 5) is 16.8. The summed E-state index contributed by atoms with van der Waals surface area (Å²) in [6, 6.07) is 2.18. The van der Waals surface area contributed by atoms with Crippen molar-refractivity contribution in [3.63, 3.8) is 0 Å². The minimum atomic E-state index is -0.0555. The fourth-order valence-corrected chi connectivity index (χ4v) is 3.90. The zero-order chi connectivity index (χ0) is 20.0. The Hall–Kier alpha value is -2.10. The molecule has 0 heterocycles. The maximum Gasteiger partial charge on any atom is 0.228 e. The molecule has 1 amide bonds. The van der Waals surface area contributed by atoms with Crippen molar-refractivity contribution in [2.24, 2.45) is 16.8 Å². The van der Waals surface area contributed by atoms with Gasteiger partial charge in [-0.15, -0.1) is 0 Å². The van der Waals surface area contributed by atoms with E-state index in [1.807, 2.05) is 26.0 Å². The third kappa shape index (κ3) is 5.00. The molecule has 1 aromatic carbocycles. The van der Waals surface area contributed by atoms with Gasteiger partial charge in [-0.3, -0.25) is 9.79 Å². The van der Waals surface area contributed by atoms with E-state index in [2.05, 4.69) is 37.1 Å². The van der Waals surface area contributed by atoms with E-state index in [0.717, 1.165) is 38.0 Å². The smallest absolute Gasteiger partial charge is 0.228 e. The molecule has 0 saturated carbocycles. The Kier molecular flexibility index (Phi) is 7.64. The summed E-state index contributed by atoms with van der Waals surface area (Å²) in [6.07, 6.45) is 7.71. The van der Waals surface area contributed by atoms with Gasteiger partial charge in [0.25, 0.3) is 0 Å². The highest BCUT2D eigenvalue weighted by atomic mass is 16.5. The van der Waals surface area contributed by atoms with Gasteiger partial charge in [-0.05, 0) is 86.8 Å². The van der Waals surface area contributed by atoms with Gasteiger partial charge in [0.15, 0.2) is 0 Å². The first kappa shape index (κ1) is 21.2. The molecule has 0 fully saturated rings. The van der Waals surface area contributed by atoms with Crippen LogP contribution in [-0.2, 0) is 17.6 Å². The molecule has 0 aliphatic heterocycles. The van der Waals surface area contributed by atoms with Crippen LogP contribution >= 0.6 is 0 Å². The number of hydrogen-bond acceptors (Lipinski definition) is 3. The molecule has 148 valence electrons. The molecule has 1 N–H and O–H groups in total. The van der Waals surface area contributed by atoms with Crippen molar-refractivity contribution in [2.45, 2.75) is 60.3 Å². The molecule has 1 aliphatic rings. The van der Waals surface area contributed by atoms with E-state index in [9.17, 15) is 4.79 Å². The van der Waals surface area contributed by atoms with E-state index in [0.29, 0.717) is 11.8 Å². The number of aliphatic imine (C=N–C) groups is 1. The van der Waals surface area contributed by atoms with Crippen LogP contribution in [0.3, 0.4) is 0 Å². The molecule has 1 aliphatic carbocycles. The molecule has 4 heteroatoms. The molecule has 0 spiro atoms. The van der Waals surface area contributed by atoms with Crippen LogP contribution in [0.1, 0.15) is 55.9 Å². The molecule has 2 rings (SSSR count). The number of rotatable bonds is 6. The molecule has 0 radical (unpaired) electrons. The summed E-state index contributed by atoms with van der Waals surface area (Å²) in [5.74, 6) is 1.95. The largest absolute Gasteiger partial charge is 0.493 e. The lowest BCUT2D eigenvalue weighted by molar-refractivity contribution is -0.124. The fraction of sp³-hybridized carbons (Fsp3) is 0.565. The van der Waals surface area contributed by atoms with E-state index in [1.165, 1.54) is 22.3 Å². The monoisotopic (exact) mass is 370 g/mol. The Bertz CT molecular complexity index is 734.